The lowest BCUT2D eigenvalue weighted by Crippen LogP contribution is -2.11. The summed E-state index contributed by atoms with van der Waals surface area (Å²) < 4.78 is 27.9. The van der Waals surface area contributed by atoms with Crippen LogP contribution in [0.3, 0.4) is 0 Å². The molecule has 0 spiro atoms. The summed E-state index contributed by atoms with van der Waals surface area (Å²) in [6.07, 6.45) is 1.71. The van der Waals surface area contributed by atoms with Gasteiger partial charge in [-0.3, -0.25) is 4.98 Å². The number of hydrogen-bond donors (Lipinski definition) is 1. The van der Waals surface area contributed by atoms with Crippen LogP contribution in [0.5, 0.6) is 34.5 Å². The SMILES string of the molecule is COc1ccc(NCCOc2ccc(Oc3ccnc4cc(OC)c(OC)cc34)cc2)cc1. The molecule has 0 saturated carbocycles. The Morgan fingerprint density at radius 3 is 2.06 bits per heavy atom. The van der Waals surface area contributed by atoms with Crippen LogP contribution in [0, 0.1) is 0 Å². The summed E-state index contributed by atoms with van der Waals surface area (Å²) in [5.41, 5.74) is 1.77. The average molecular weight is 447 g/mol. The molecule has 0 fully saturated rings. The first kappa shape index (κ1) is 22.1. The highest BCUT2D eigenvalue weighted by Crippen LogP contribution is 2.37. The monoisotopic (exact) mass is 446 g/mol. The summed E-state index contributed by atoms with van der Waals surface area (Å²) in [7, 11) is 4.86. The fourth-order valence-electron chi connectivity index (χ4n) is 3.34. The fourth-order valence-corrected chi connectivity index (χ4v) is 3.34. The van der Waals surface area contributed by atoms with E-state index in [2.05, 4.69) is 10.3 Å². The van der Waals surface area contributed by atoms with Gasteiger partial charge in [-0.1, -0.05) is 0 Å². The molecule has 7 nitrogen and oxygen atoms in total. The molecule has 4 rings (SSSR count). The molecule has 1 aromatic heterocycles. The summed E-state index contributed by atoms with van der Waals surface area (Å²) >= 11 is 0. The standard InChI is InChI=1S/C26H26N2O5/c1-29-19-6-4-18(5-7-19)27-14-15-32-20-8-10-21(11-9-20)33-24-12-13-28-23-17-26(31-3)25(30-2)16-22(23)24/h4-13,16-17,27H,14-15H2,1-3H3. The van der Waals surface area contributed by atoms with E-state index >= 15 is 0 Å². The summed E-state index contributed by atoms with van der Waals surface area (Å²) in [5.74, 6) is 4.22. The van der Waals surface area contributed by atoms with Crippen LogP contribution < -0.4 is 29.0 Å². The minimum Gasteiger partial charge on any atom is -0.497 e. The number of methoxy groups -OCH3 is 3. The van der Waals surface area contributed by atoms with Gasteiger partial charge in [-0.15, -0.1) is 0 Å². The third-order valence-electron chi connectivity index (χ3n) is 5.05. The van der Waals surface area contributed by atoms with E-state index in [1.165, 1.54) is 0 Å². The normalized spacial score (nSPS) is 10.5. The molecule has 0 aliphatic carbocycles. The minimum absolute atomic E-state index is 0.531. The van der Waals surface area contributed by atoms with Crippen molar-refractivity contribution >= 4 is 16.6 Å². The van der Waals surface area contributed by atoms with Crippen molar-refractivity contribution in [2.24, 2.45) is 0 Å². The second-order valence-corrected chi connectivity index (χ2v) is 7.11. The molecular formula is C26H26N2O5. The Balaban J connectivity index is 1.36. The van der Waals surface area contributed by atoms with E-state index in [0.29, 0.717) is 36.1 Å². The number of anilines is 1. The summed E-state index contributed by atoms with van der Waals surface area (Å²) in [6.45, 7) is 1.21. The molecular weight excluding hydrogens is 420 g/mol. The summed E-state index contributed by atoms with van der Waals surface area (Å²) in [4.78, 5) is 4.41. The van der Waals surface area contributed by atoms with E-state index in [1.54, 1.807) is 27.5 Å². The van der Waals surface area contributed by atoms with Crippen LogP contribution in [0.15, 0.2) is 72.9 Å². The van der Waals surface area contributed by atoms with Gasteiger partial charge >= 0.3 is 0 Å². The molecule has 170 valence electrons. The van der Waals surface area contributed by atoms with Crippen molar-refractivity contribution in [1.29, 1.82) is 0 Å². The average Bonchev–Trinajstić information content (AvgIpc) is 2.87. The van der Waals surface area contributed by atoms with Gasteiger partial charge in [0, 0.05) is 29.9 Å². The third kappa shape index (κ3) is 5.38. The predicted octanol–water partition coefficient (Wildman–Crippen LogP) is 5.54. The van der Waals surface area contributed by atoms with Crippen LogP contribution in [0.4, 0.5) is 5.69 Å². The zero-order valence-electron chi connectivity index (χ0n) is 18.8. The lowest BCUT2D eigenvalue weighted by atomic mass is 10.2. The van der Waals surface area contributed by atoms with Gasteiger partial charge in [0.2, 0.25) is 0 Å². The van der Waals surface area contributed by atoms with Crippen LogP contribution >= 0.6 is 0 Å². The van der Waals surface area contributed by atoms with E-state index in [0.717, 1.165) is 28.1 Å². The highest BCUT2D eigenvalue weighted by atomic mass is 16.5. The summed E-state index contributed by atoms with van der Waals surface area (Å²) in [5, 5.41) is 4.15. The van der Waals surface area contributed by atoms with Crippen LogP contribution in [0.25, 0.3) is 10.9 Å². The molecule has 7 heteroatoms. The molecule has 1 N–H and O–H groups in total. The lowest BCUT2D eigenvalue weighted by Gasteiger charge is -2.13. The third-order valence-corrected chi connectivity index (χ3v) is 5.05. The highest BCUT2D eigenvalue weighted by molar-refractivity contribution is 5.88. The Kier molecular flexibility index (Phi) is 6.99. The summed E-state index contributed by atoms with van der Waals surface area (Å²) in [6, 6.07) is 20.8. The second-order valence-electron chi connectivity index (χ2n) is 7.11. The molecule has 4 aromatic rings. The Morgan fingerprint density at radius 2 is 1.36 bits per heavy atom. The number of ether oxygens (including phenoxy) is 5. The highest BCUT2D eigenvalue weighted by Gasteiger charge is 2.11. The van der Waals surface area contributed by atoms with Gasteiger partial charge in [0.05, 0.1) is 26.8 Å². The molecule has 3 aromatic carbocycles. The number of hydrogen-bond acceptors (Lipinski definition) is 7. The quantitative estimate of drug-likeness (QED) is 0.321. The van der Waals surface area contributed by atoms with Crippen LogP contribution in [-0.4, -0.2) is 39.5 Å². The number of nitrogens with one attached hydrogen (secondary N) is 1. The number of fused-ring (bicyclic) bond motifs is 1. The molecule has 0 unspecified atom stereocenters. The number of benzene rings is 3. The molecule has 1 heterocycles. The van der Waals surface area contributed by atoms with Crippen molar-refractivity contribution in [3.05, 3.63) is 72.9 Å². The van der Waals surface area contributed by atoms with Crippen molar-refractivity contribution in [3.63, 3.8) is 0 Å². The first-order valence-corrected chi connectivity index (χ1v) is 10.5. The Labute approximate surface area is 192 Å². The van der Waals surface area contributed by atoms with Crippen LogP contribution in [-0.2, 0) is 0 Å². The molecule has 0 aliphatic heterocycles. The molecule has 0 radical (unpaired) electrons. The van der Waals surface area contributed by atoms with Gasteiger partial charge in [0.1, 0.15) is 29.6 Å². The molecule has 0 saturated heterocycles. The zero-order chi connectivity index (χ0) is 23.0. The van der Waals surface area contributed by atoms with Gasteiger partial charge in [-0.25, -0.2) is 0 Å². The first-order valence-electron chi connectivity index (χ1n) is 10.5. The Morgan fingerprint density at radius 1 is 0.697 bits per heavy atom. The number of nitrogens with zero attached hydrogens (tertiary/aromatic N) is 1. The topological polar surface area (TPSA) is 71.1 Å². The van der Waals surface area contributed by atoms with Gasteiger partial charge in [-0.2, -0.15) is 0 Å². The smallest absolute Gasteiger partial charge is 0.162 e. The van der Waals surface area contributed by atoms with Gasteiger partial charge < -0.3 is 29.0 Å². The molecule has 0 amide bonds. The maximum absolute atomic E-state index is 6.11. The van der Waals surface area contributed by atoms with Crippen molar-refractivity contribution < 1.29 is 23.7 Å². The van der Waals surface area contributed by atoms with E-state index in [-0.39, 0.29) is 0 Å². The van der Waals surface area contributed by atoms with Crippen LogP contribution in [0.2, 0.25) is 0 Å². The predicted molar refractivity (Wildman–Crippen MR) is 128 cm³/mol. The van der Waals surface area contributed by atoms with Crippen molar-refractivity contribution in [2.75, 3.05) is 39.8 Å². The maximum Gasteiger partial charge on any atom is 0.162 e. The van der Waals surface area contributed by atoms with Crippen molar-refractivity contribution in [1.82, 2.24) is 4.98 Å². The molecule has 33 heavy (non-hydrogen) atoms. The molecule has 0 atom stereocenters. The zero-order valence-corrected chi connectivity index (χ0v) is 18.8. The Bertz CT molecular complexity index is 1190. The van der Waals surface area contributed by atoms with Gasteiger partial charge in [-0.05, 0) is 60.7 Å². The van der Waals surface area contributed by atoms with Crippen molar-refractivity contribution in [2.45, 2.75) is 0 Å². The second kappa shape index (κ2) is 10.5. The van der Waals surface area contributed by atoms with E-state index in [4.69, 9.17) is 23.7 Å². The van der Waals surface area contributed by atoms with E-state index < -0.39 is 0 Å². The first-order chi connectivity index (χ1) is 16.2. The van der Waals surface area contributed by atoms with Gasteiger partial charge in [0.25, 0.3) is 0 Å². The largest absolute Gasteiger partial charge is 0.497 e. The molecule has 0 bridgehead atoms. The maximum atomic E-state index is 6.11. The van der Waals surface area contributed by atoms with E-state index in [9.17, 15) is 0 Å². The number of aromatic nitrogens is 1. The Hall–Kier alpha value is -4.13. The van der Waals surface area contributed by atoms with Gasteiger partial charge in [0.15, 0.2) is 11.5 Å². The number of rotatable bonds is 10. The van der Waals surface area contributed by atoms with E-state index in [1.807, 2.05) is 66.7 Å². The fraction of sp³-hybridized carbons (Fsp3) is 0.192. The lowest BCUT2D eigenvalue weighted by molar-refractivity contribution is 0.332. The molecule has 0 aliphatic rings. The van der Waals surface area contributed by atoms with Crippen molar-refractivity contribution in [3.8, 4) is 34.5 Å². The number of pyridine rings is 1. The van der Waals surface area contributed by atoms with Crippen LogP contribution in [0.1, 0.15) is 0 Å². The minimum atomic E-state index is 0.531.